The van der Waals surface area contributed by atoms with Crippen molar-refractivity contribution < 1.29 is 8.42 Å². The molecule has 0 aliphatic heterocycles. The number of hydrogen-bond donors (Lipinski definition) is 2. The number of hydrogen-bond acceptors (Lipinski definition) is 3. The molecule has 0 radical (unpaired) electrons. The van der Waals surface area contributed by atoms with E-state index < -0.39 is 10.0 Å². The van der Waals surface area contributed by atoms with Gasteiger partial charge in [-0.25, -0.2) is 13.1 Å². The number of nitrogens with one attached hydrogen (secondary N) is 2. The quantitative estimate of drug-likeness (QED) is 0.829. The molecule has 7 heteroatoms. The van der Waals surface area contributed by atoms with Gasteiger partial charge in [-0.05, 0) is 32.6 Å². The zero-order chi connectivity index (χ0) is 13.3. The van der Waals surface area contributed by atoms with Gasteiger partial charge in [0.15, 0.2) is 0 Å². The van der Waals surface area contributed by atoms with Gasteiger partial charge in [0.05, 0.1) is 11.4 Å². The average molecular weight is 292 g/mol. The Labute approximate surface area is 112 Å². The van der Waals surface area contributed by atoms with Crippen LogP contribution in [0.15, 0.2) is 4.90 Å². The molecular formula is C11H18ClN3O2S. The fourth-order valence-electron chi connectivity index (χ4n) is 2.57. The SMILES string of the molecule is Cc1n[nH]c(C)c1S(=O)(=O)NC1CCCC1CCl. The molecule has 5 nitrogen and oxygen atoms in total. The topological polar surface area (TPSA) is 74.8 Å². The Bertz CT molecular complexity index is 507. The van der Waals surface area contributed by atoms with E-state index in [9.17, 15) is 8.42 Å². The van der Waals surface area contributed by atoms with E-state index in [1.165, 1.54) is 0 Å². The van der Waals surface area contributed by atoms with E-state index in [2.05, 4.69) is 14.9 Å². The van der Waals surface area contributed by atoms with Crippen molar-refractivity contribution in [3.8, 4) is 0 Å². The van der Waals surface area contributed by atoms with Crippen molar-refractivity contribution in [1.29, 1.82) is 0 Å². The van der Waals surface area contributed by atoms with Crippen LogP contribution in [0.25, 0.3) is 0 Å². The van der Waals surface area contributed by atoms with Crippen LogP contribution in [0.1, 0.15) is 30.7 Å². The minimum Gasteiger partial charge on any atom is -0.281 e. The molecule has 1 aliphatic rings. The molecule has 2 unspecified atom stereocenters. The third-order valence-corrected chi connectivity index (χ3v) is 5.64. The Hall–Kier alpha value is -0.590. The minimum atomic E-state index is -3.51. The summed E-state index contributed by atoms with van der Waals surface area (Å²) in [6.45, 7) is 3.40. The second-order valence-electron chi connectivity index (χ2n) is 4.84. The Morgan fingerprint density at radius 3 is 2.72 bits per heavy atom. The van der Waals surface area contributed by atoms with Crippen LogP contribution in [0.4, 0.5) is 0 Å². The van der Waals surface area contributed by atoms with Gasteiger partial charge in [-0.1, -0.05) is 6.42 Å². The Kier molecular flexibility index (Phi) is 3.99. The summed E-state index contributed by atoms with van der Waals surface area (Å²) < 4.78 is 27.4. The van der Waals surface area contributed by atoms with Crippen molar-refractivity contribution in [3.05, 3.63) is 11.4 Å². The summed E-state index contributed by atoms with van der Waals surface area (Å²) in [5, 5.41) is 6.62. The molecule has 0 aromatic carbocycles. The van der Waals surface area contributed by atoms with Crippen LogP contribution in [0.2, 0.25) is 0 Å². The first-order chi connectivity index (χ1) is 8.45. The highest BCUT2D eigenvalue weighted by atomic mass is 35.5. The number of aryl methyl sites for hydroxylation is 2. The monoisotopic (exact) mass is 291 g/mol. The predicted octanol–water partition coefficient (Wildman–Crippen LogP) is 1.71. The number of alkyl halides is 1. The Balaban J connectivity index is 2.23. The standard InChI is InChI=1S/C11H18ClN3O2S/c1-7-11(8(2)14-13-7)18(16,17)15-10-5-3-4-9(10)6-12/h9-10,15H,3-6H2,1-2H3,(H,13,14). The Morgan fingerprint density at radius 1 is 1.44 bits per heavy atom. The number of rotatable bonds is 4. The van der Waals surface area contributed by atoms with Gasteiger partial charge in [0, 0.05) is 11.9 Å². The van der Waals surface area contributed by atoms with Crippen molar-refractivity contribution in [2.45, 2.75) is 44.0 Å². The molecule has 0 amide bonds. The zero-order valence-electron chi connectivity index (χ0n) is 10.5. The van der Waals surface area contributed by atoms with Crippen LogP contribution in [0.5, 0.6) is 0 Å². The normalized spacial score (nSPS) is 24.6. The van der Waals surface area contributed by atoms with E-state index >= 15 is 0 Å². The molecule has 1 heterocycles. The maximum absolute atomic E-state index is 12.3. The fraction of sp³-hybridized carbons (Fsp3) is 0.727. The molecule has 1 aromatic rings. The van der Waals surface area contributed by atoms with Crippen molar-refractivity contribution >= 4 is 21.6 Å². The molecular weight excluding hydrogens is 274 g/mol. The highest BCUT2D eigenvalue weighted by Crippen LogP contribution is 2.28. The molecule has 2 atom stereocenters. The maximum Gasteiger partial charge on any atom is 0.244 e. The second-order valence-corrected chi connectivity index (χ2v) is 6.80. The largest absolute Gasteiger partial charge is 0.281 e. The van der Waals surface area contributed by atoms with Gasteiger partial charge >= 0.3 is 0 Å². The van der Waals surface area contributed by atoms with Gasteiger partial charge in [0.2, 0.25) is 10.0 Å². The second kappa shape index (κ2) is 5.19. The maximum atomic E-state index is 12.3. The lowest BCUT2D eigenvalue weighted by Crippen LogP contribution is -2.38. The molecule has 1 aromatic heterocycles. The summed E-state index contributed by atoms with van der Waals surface area (Å²) in [5.41, 5.74) is 1.07. The summed E-state index contributed by atoms with van der Waals surface area (Å²) in [6.07, 6.45) is 2.86. The van der Waals surface area contributed by atoms with Gasteiger partial charge in [-0.2, -0.15) is 5.10 Å². The summed E-state index contributed by atoms with van der Waals surface area (Å²) in [6, 6.07) is -0.0544. The van der Waals surface area contributed by atoms with E-state index in [-0.39, 0.29) is 16.9 Å². The predicted molar refractivity (Wildman–Crippen MR) is 70.2 cm³/mol. The van der Waals surface area contributed by atoms with Gasteiger partial charge in [-0.15, -0.1) is 11.6 Å². The Morgan fingerprint density at radius 2 is 2.17 bits per heavy atom. The number of halogens is 1. The van der Waals surface area contributed by atoms with Gasteiger partial charge in [0.25, 0.3) is 0 Å². The smallest absolute Gasteiger partial charge is 0.244 e. The lowest BCUT2D eigenvalue weighted by molar-refractivity contribution is 0.480. The minimum absolute atomic E-state index is 0.0544. The highest BCUT2D eigenvalue weighted by molar-refractivity contribution is 7.89. The molecule has 102 valence electrons. The van der Waals surface area contributed by atoms with E-state index in [1.54, 1.807) is 13.8 Å². The van der Waals surface area contributed by atoms with Gasteiger partial charge in [-0.3, -0.25) is 5.10 Å². The van der Waals surface area contributed by atoms with E-state index in [1.807, 2.05) is 0 Å². The third kappa shape index (κ3) is 2.55. The van der Waals surface area contributed by atoms with Crippen LogP contribution in [0.3, 0.4) is 0 Å². The van der Waals surface area contributed by atoms with Crippen LogP contribution < -0.4 is 4.72 Å². The summed E-state index contributed by atoms with van der Waals surface area (Å²) in [7, 11) is -3.51. The van der Waals surface area contributed by atoms with E-state index in [0.717, 1.165) is 19.3 Å². The van der Waals surface area contributed by atoms with Crippen molar-refractivity contribution in [3.63, 3.8) is 0 Å². The first kappa shape index (κ1) is 13.8. The number of H-pyrrole nitrogens is 1. The van der Waals surface area contributed by atoms with E-state index in [4.69, 9.17) is 11.6 Å². The molecule has 0 spiro atoms. The van der Waals surface area contributed by atoms with Crippen LogP contribution in [-0.2, 0) is 10.0 Å². The van der Waals surface area contributed by atoms with Gasteiger partial charge < -0.3 is 0 Å². The summed E-state index contributed by atoms with van der Waals surface area (Å²) in [4.78, 5) is 0.266. The summed E-state index contributed by atoms with van der Waals surface area (Å²) in [5.74, 6) is 0.727. The fourth-order valence-corrected chi connectivity index (χ4v) is 4.65. The number of aromatic nitrogens is 2. The van der Waals surface area contributed by atoms with Crippen molar-refractivity contribution in [2.75, 3.05) is 5.88 Å². The van der Waals surface area contributed by atoms with Crippen LogP contribution in [0, 0.1) is 19.8 Å². The van der Waals surface area contributed by atoms with Crippen LogP contribution in [-0.4, -0.2) is 30.5 Å². The average Bonchev–Trinajstić information content (AvgIpc) is 2.85. The first-order valence-electron chi connectivity index (χ1n) is 6.05. The molecule has 2 N–H and O–H groups in total. The zero-order valence-corrected chi connectivity index (χ0v) is 12.1. The summed E-state index contributed by atoms with van der Waals surface area (Å²) >= 11 is 5.87. The lowest BCUT2D eigenvalue weighted by Gasteiger charge is -2.18. The van der Waals surface area contributed by atoms with E-state index in [0.29, 0.717) is 17.3 Å². The van der Waals surface area contributed by atoms with Crippen molar-refractivity contribution in [2.24, 2.45) is 5.92 Å². The molecule has 1 saturated carbocycles. The van der Waals surface area contributed by atoms with Gasteiger partial charge in [0.1, 0.15) is 4.90 Å². The molecule has 1 fully saturated rings. The lowest BCUT2D eigenvalue weighted by atomic mass is 10.1. The molecule has 0 bridgehead atoms. The van der Waals surface area contributed by atoms with Crippen LogP contribution >= 0.6 is 11.6 Å². The third-order valence-electron chi connectivity index (χ3n) is 3.49. The molecule has 18 heavy (non-hydrogen) atoms. The number of sulfonamides is 1. The first-order valence-corrected chi connectivity index (χ1v) is 8.07. The highest BCUT2D eigenvalue weighted by Gasteiger charge is 2.32. The van der Waals surface area contributed by atoms with Crippen molar-refractivity contribution in [1.82, 2.24) is 14.9 Å². The number of nitrogens with zero attached hydrogens (tertiary/aromatic N) is 1. The number of aromatic amines is 1. The molecule has 0 saturated heterocycles. The molecule has 2 rings (SSSR count). The molecule has 1 aliphatic carbocycles.